The molecule has 0 aliphatic carbocycles. The third-order valence-electron chi connectivity index (χ3n) is 3.73. The van der Waals surface area contributed by atoms with Gasteiger partial charge < -0.3 is 9.73 Å². The van der Waals surface area contributed by atoms with Gasteiger partial charge in [0.1, 0.15) is 16.4 Å². The third-order valence-corrected chi connectivity index (χ3v) is 5.77. The normalized spacial score (nSPS) is 14.8. The number of hydrogen-bond donors (Lipinski definition) is 1. The van der Waals surface area contributed by atoms with E-state index in [4.69, 9.17) is 4.42 Å². The molecule has 0 bridgehead atoms. The highest BCUT2D eigenvalue weighted by Gasteiger charge is 2.34. The molecule has 1 N–H and O–H groups in total. The summed E-state index contributed by atoms with van der Waals surface area (Å²) in [6, 6.07) is 1.49. The first-order valence-electron chi connectivity index (χ1n) is 6.73. The monoisotopic (exact) mass is 302 g/mol. The Balaban J connectivity index is 3.17. The first-order chi connectivity index (χ1) is 9.01. The van der Waals surface area contributed by atoms with E-state index in [2.05, 4.69) is 5.32 Å². The van der Waals surface area contributed by atoms with Crippen LogP contribution in [0.25, 0.3) is 0 Å². The van der Waals surface area contributed by atoms with E-state index in [-0.39, 0.29) is 16.4 Å². The van der Waals surface area contributed by atoms with E-state index >= 15 is 0 Å². The summed E-state index contributed by atoms with van der Waals surface area (Å²) in [5.41, 5.74) is -0.132. The molecule has 20 heavy (non-hydrogen) atoms. The molecular weight excluding hydrogens is 276 g/mol. The van der Waals surface area contributed by atoms with Gasteiger partial charge in [-0.25, -0.2) is 8.42 Å². The Morgan fingerprint density at radius 3 is 2.40 bits per heavy atom. The quantitative estimate of drug-likeness (QED) is 0.907. The smallest absolute Gasteiger partial charge is 0.246 e. The van der Waals surface area contributed by atoms with Gasteiger partial charge in [0.25, 0.3) is 0 Å². The average Bonchev–Trinajstić information content (AvgIpc) is 2.68. The molecule has 1 unspecified atom stereocenters. The van der Waals surface area contributed by atoms with Gasteiger partial charge in [0.15, 0.2) is 0 Å². The summed E-state index contributed by atoms with van der Waals surface area (Å²) < 4.78 is 32.3. The molecule has 0 spiro atoms. The van der Waals surface area contributed by atoms with E-state index in [1.165, 1.54) is 4.31 Å². The molecule has 1 heterocycles. The van der Waals surface area contributed by atoms with Crippen LogP contribution >= 0.6 is 0 Å². The van der Waals surface area contributed by atoms with Gasteiger partial charge in [0.2, 0.25) is 10.0 Å². The fourth-order valence-electron chi connectivity index (χ4n) is 1.95. The SMILES string of the molecule is CNCc1cc(S(=O)(=O)N(C)C(C)C(C)(C)C)c(C)o1. The number of hydrogen-bond acceptors (Lipinski definition) is 4. The van der Waals surface area contributed by atoms with E-state index in [0.717, 1.165) is 0 Å². The Bertz CT molecular complexity index is 555. The lowest BCUT2D eigenvalue weighted by Crippen LogP contribution is -2.42. The fourth-order valence-corrected chi connectivity index (χ4v) is 3.68. The highest BCUT2D eigenvalue weighted by molar-refractivity contribution is 7.89. The van der Waals surface area contributed by atoms with Crippen molar-refractivity contribution in [2.75, 3.05) is 14.1 Å². The number of aryl methyl sites for hydroxylation is 1. The zero-order valence-corrected chi connectivity index (χ0v) is 14.3. The van der Waals surface area contributed by atoms with Crippen molar-refractivity contribution in [1.82, 2.24) is 9.62 Å². The average molecular weight is 302 g/mol. The van der Waals surface area contributed by atoms with Crippen LogP contribution in [-0.4, -0.2) is 32.9 Å². The number of rotatable bonds is 5. The lowest BCUT2D eigenvalue weighted by Gasteiger charge is -2.34. The predicted octanol–water partition coefficient (Wildman–Crippen LogP) is 2.36. The lowest BCUT2D eigenvalue weighted by atomic mass is 9.88. The van der Waals surface area contributed by atoms with E-state index in [1.54, 1.807) is 27.1 Å². The molecule has 0 fully saturated rings. The molecule has 0 radical (unpaired) electrons. The molecule has 1 rings (SSSR count). The van der Waals surface area contributed by atoms with Crippen LogP contribution in [0.4, 0.5) is 0 Å². The second-order valence-electron chi connectivity index (χ2n) is 6.23. The Morgan fingerprint density at radius 1 is 1.40 bits per heavy atom. The first-order valence-corrected chi connectivity index (χ1v) is 8.17. The van der Waals surface area contributed by atoms with Gasteiger partial charge in [-0.1, -0.05) is 20.8 Å². The van der Waals surface area contributed by atoms with Gasteiger partial charge in [0.05, 0.1) is 6.54 Å². The third kappa shape index (κ3) is 3.42. The Labute approximate surface area is 122 Å². The van der Waals surface area contributed by atoms with Crippen LogP contribution in [-0.2, 0) is 16.6 Å². The van der Waals surface area contributed by atoms with Gasteiger partial charge in [0, 0.05) is 19.2 Å². The van der Waals surface area contributed by atoms with Crippen LogP contribution in [0.5, 0.6) is 0 Å². The van der Waals surface area contributed by atoms with Crippen molar-refractivity contribution < 1.29 is 12.8 Å². The van der Waals surface area contributed by atoms with Crippen LogP contribution in [0, 0.1) is 12.3 Å². The molecule has 0 saturated carbocycles. The second kappa shape index (κ2) is 5.87. The molecule has 0 aromatic carbocycles. The number of sulfonamides is 1. The minimum Gasteiger partial charge on any atom is -0.464 e. The van der Waals surface area contributed by atoms with E-state index in [0.29, 0.717) is 18.1 Å². The van der Waals surface area contributed by atoms with Crippen molar-refractivity contribution in [2.24, 2.45) is 5.41 Å². The molecule has 0 aliphatic heterocycles. The highest BCUT2D eigenvalue weighted by Crippen LogP contribution is 2.30. The Morgan fingerprint density at radius 2 is 1.95 bits per heavy atom. The van der Waals surface area contributed by atoms with Crippen LogP contribution < -0.4 is 5.32 Å². The lowest BCUT2D eigenvalue weighted by molar-refractivity contribution is 0.216. The molecule has 6 heteroatoms. The minimum atomic E-state index is -3.54. The summed E-state index contributed by atoms with van der Waals surface area (Å²) in [6.45, 7) is 10.2. The topological polar surface area (TPSA) is 62.6 Å². The van der Waals surface area contributed by atoms with Gasteiger partial charge in [-0.15, -0.1) is 0 Å². The minimum absolute atomic E-state index is 0.116. The zero-order chi connectivity index (χ0) is 15.7. The van der Waals surface area contributed by atoms with Crippen molar-refractivity contribution in [2.45, 2.75) is 52.1 Å². The Kier molecular flexibility index (Phi) is 5.05. The van der Waals surface area contributed by atoms with Gasteiger partial charge >= 0.3 is 0 Å². The Hall–Kier alpha value is -0.850. The van der Waals surface area contributed by atoms with E-state index < -0.39 is 10.0 Å². The summed E-state index contributed by atoms with van der Waals surface area (Å²) in [4.78, 5) is 0.251. The van der Waals surface area contributed by atoms with Crippen molar-refractivity contribution in [3.8, 4) is 0 Å². The maximum Gasteiger partial charge on any atom is 0.246 e. The van der Waals surface area contributed by atoms with Gasteiger partial charge in [-0.05, 0) is 26.3 Å². The van der Waals surface area contributed by atoms with Gasteiger partial charge in [-0.3, -0.25) is 0 Å². The fraction of sp³-hybridized carbons (Fsp3) is 0.714. The number of nitrogens with one attached hydrogen (secondary N) is 1. The number of furan rings is 1. The maximum absolute atomic E-state index is 12.7. The summed E-state index contributed by atoms with van der Waals surface area (Å²) in [7, 11) is -0.126. The number of nitrogens with zero attached hydrogens (tertiary/aromatic N) is 1. The van der Waals surface area contributed by atoms with Crippen LogP contribution in [0.15, 0.2) is 15.4 Å². The molecule has 0 amide bonds. The van der Waals surface area contributed by atoms with E-state index in [9.17, 15) is 8.42 Å². The first kappa shape index (κ1) is 17.2. The summed E-state index contributed by atoms with van der Waals surface area (Å²) >= 11 is 0. The van der Waals surface area contributed by atoms with Crippen molar-refractivity contribution in [1.29, 1.82) is 0 Å². The summed E-state index contributed by atoms with van der Waals surface area (Å²) in [5.74, 6) is 1.06. The van der Waals surface area contributed by atoms with Gasteiger partial charge in [-0.2, -0.15) is 4.31 Å². The van der Waals surface area contributed by atoms with Crippen LogP contribution in [0.2, 0.25) is 0 Å². The molecule has 5 nitrogen and oxygen atoms in total. The second-order valence-corrected chi connectivity index (χ2v) is 8.19. The molecule has 1 aromatic rings. The molecule has 1 atom stereocenters. The molecule has 0 saturated heterocycles. The predicted molar refractivity (Wildman–Crippen MR) is 80.1 cm³/mol. The molecule has 116 valence electrons. The summed E-state index contributed by atoms with van der Waals surface area (Å²) in [5, 5.41) is 2.95. The van der Waals surface area contributed by atoms with Crippen molar-refractivity contribution in [3.05, 3.63) is 17.6 Å². The van der Waals surface area contributed by atoms with Crippen LogP contribution in [0.3, 0.4) is 0 Å². The van der Waals surface area contributed by atoms with Crippen LogP contribution in [0.1, 0.15) is 39.2 Å². The van der Waals surface area contributed by atoms with E-state index in [1.807, 2.05) is 27.7 Å². The molecule has 1 aromatic heterocycles. The largest absolute Gasteiger partial charge is 0.464 e. The van der Waals surface area contributed by atoms with Crippen molar-refractivity contribution in [3.63, 3.8) is 0 Å². The standard InChI is InChI=1S/C14H26N2O3S/c1-10-13(8-12(19-10)9-15-6)20(17,18)16(7)11(2)14(3,4)5/h8,11,15H,9H2,1-7H3. The zero-order valence-electron chi connectivity index (χ0n) is 13.4. The van der Waals surface area contributed by atoms with Crippen molar-refractivity contribution >= 4 is 10.0 Å². The summed E-state index contributed by atoms with van der Waals surface area (Å²) in [6.07, 6.45) is 0. The molecular formula is C14H26N2O3S. The highest BCUT2D eigenvalue weighted by atomic mass is 32.2. The molecule has 0 aliphatic rings. The maximum atomic E-state index is 12.7.